The number of aliphatic hydroxyl groups excluding tert-OH is 1. The SMILES string of the molecule is Cc1c(Cl)cccc1NC(=O)CC(=O)NC1(CO)CCCC1. The maximum absolute atomic E-state index is 12.0. The van der Waals surface area contributed by atoms with Crippen LogP contribution in [0.25, 0.3) is 0 Å². The van der Waals surface area contributed by atoms with Gasteiger partial charge in [-0.05, 0) is 37.5 Å². The summed E-state index contributed by atoms with van der Waals surface area (Å²) in [4.78, 5) is 24.0. The average molecular weight is 325 g/mol. The minimum atomic E-state index is -0.552. The minimum Gasteiger partial charge on any atom is -0.394 e. The molecule has 0 heterocycles. The van der Waals surface area contributed by atoms with Gasteiger partial charge in [-0.2, -0.15) is 0 Å². The zero-order valence-corrected chi connectivity index (χ0v) is 13.4. The highest BCUT2D eigenvalue weighted by molar-refractivity contribution is 6.31. The van der Waals surface area contributed by atoms with Crippen molar-refractivity contribution in [3.63, 3.8) is 0 Å². The van der Waals surface area contributed by atoms with Gasteiger partial charge in [0.05, 0.1) is 12.1 Å². The molecule has 1 saturated carbocycles. The fourth-order valence-electron chi connectivity index (χ4n) is 2.80. The number of hydrogen-bond donors (Lipinski definition) is 3. The molecule has 0 radical (unpaired) electrons. The van der Waals surface area contributed by atoms with Crippen LogP contribution in [-0.2, 0) is 9.59 Å². The van der Waals surface area contributed by atoms with E-state index in [4.69, 9.17) is 11.6 Å². The van der Waals surface area contributed by atoms with E-state index in [-0.39, 0.29) is 18.9 Å². The first-order chi connectivity index (χ1) is 10.5. The Morgan fingerprint density at radius 1 is 1.27 bits per heavy atom. The molecule has 0 aliphatic heterocycles. The molecule has 1 fully saturated rings. The van der Waals surface area contributed by atoms with Crippen molar-refractivity contribution >= 4 is 29.1 Å². The molecule has 1 aliphatic carbocycles. The summed E-state index contributed by atoms with van der Waals surface area (Å²) in [6.45, 7) is 1.71. The zero-order chi connectivity index (χ0) is 16.2. The lowest BCUT2D eigenvalue weighted by Crippen LogP contribution is -2.49. The first-order valence-corrected chi connectivity index (χ1v) is 7.80. The molecule has 2 amide bonds. The van der Waals surface area contributed by atoms with E-state index in [9.17, 15) is 14.7 Å². The second-order valence-corrected chi connectivity index (χ2v) is 6.24. The molecule has 120 valence electrons. The van der Waals surface area contributed by atoms with Gasteiger partial charge in [0.2, 0.25) is 11.8 Å². The molecule has 0 saturated heterocycles. The molecule has 0 spiro atoms. The number of hydrogen-bond acceptors (Lipinski definition) is 3. The van der Waals surface area contributed by atoms with Gasteiger partial charge in [0.25, 0.3) is 0 Å². The predicted octanol–water partition coefficient (Wildman–Crippen LogP) is 2.40. The van der Waals surface area contributed by atoms with Gasteiger partial charge in [-0.3, -0.25) is 9.59 Å². The number of rotatable bonds is 5. The predicted molar refractivity (Wildman–Crippen MR) is 85.9 cm³/mol. The third-order valence-electron chi connectivity index (χ3n) is 4.13. The van der Waals surface area contributed by atoms with Crippen molar-refractivity contribution in [3.8, 4) is 0 Å². The summed E-state index contributed by atoms with van der Waals surface area (Å²) >= 11 is 6.00. The number of amides is 2. The van der Waals surface area contributed by atoms with Crippen LogP contribution in [0.4, 0.5) is 5.69 Å². The van der Waals surface area contributed by atoms with Crippen LogP contribution in [0.1, 0.15) is 37.7 Å². The number of carbonyl (C=O) groups is 2. The minimum absolute atomic E-state index is 0.0895. The average Bonchev–Trinajstić information content (AvgIpc) is 2.92. The fourth-order valence-corrected chi connectivity index (χ4v) is 2.97. The Labute approximate surface area is 135 Å². The molecule has 22 heavy (non-hydrogen) atoms. The standard InChI is InChI=1S/C16H21ClN2O3/c1-11-12(17)5-4-6-13(11)18-14(21)9-15(22)19-16(10-20)7-2-3-8-16/h4-6,20H,2-3,7-10H2,1H3,(H,18,21)(H,19,22). The summed E-state index contributed by atoms with van der Waals surface area (Å²) in [5.74, 6) is -0.762. The van der Waals surface area contributed by atoms with Crippen molar-refractivity contribution in [2.75, 3.05) is 11.9 Å². The Morgan fingerprint density at radius 3 is 2.59 bits per heavy atom. The second kappa shape index (κ2) is 7.11. The topological polar surface area (TPSA) is 78.4 Å². The van der Waals surface area contributed by atoms with Crippen LogP contribution in [0.15, 0.2) is 18.2 Å². The Morgan fingerprint density at radius 2 is 1.95 bits per heavy atom. The lowest BCUT2D eigenvalue weighted by Gasteiger charge is -2.27. The summed E-state index contributed by atoms with van der Waals surface area (Å²) in [5.41, 5.74) is 0.812. The number of anilines is 1. The van der Waals surface area contributed by atoms with Crippen molar-refractivity contribution in [2.45, 2.75) is 44.6 Å². The third-order valence-corrected chi connectivity index (χ3v) is 4.54. The monoisotopic (exact) mass is 324 g/mol. The van der Waals surface area contributed by atoms with Gasteiger partial charge in [0, 0.05) is 10.7 Å². The lowest BCUT2D eigenvalue weighted by molar-refractivity contribution is -0.128. The largest absolute Gasteiger partial charge is 0.394 e. The molecule has 0 aromatic heterocycles. The summed E-state index contributed by atoms with van der Waals surface area (Å²) in [6.07, 6.45) is 3.20. The van der Waals surface area contributed by atoms with Crippen LogP contribution >= 0.6 is 11.6 Å². The summed E-state index contributed by atoms with van der Waals surface area (Å²) in [7, 11) is 0. The van der Waals surface area contributed by atoms with E-state index < -0.39 is 11.4 Å². The fraction of sp³-hybridized carbons (Fsp3) is 0.500. The Balaban J connectivity index is 1.91. The second-order valence-electron chi connectivity index (χ2n) is 5.83. The summed E-state index contributed by atoms with van der Waals surface area (Å²) in [5, 5.41) is 15.5. The molecular weight excluding hydrogens is 304 g/mol. The molecule has 0 bridgehead atoms. The van der Waals surface area contributed by atoms with E-state index >= 15 is 0 Å². The number of halogens is 1. The summed E-state index contributed by atoms with van der Waals surface area (Å²) in [6, 6.07) is 5.22. The molecule has 1 aliphatic rings. The Hall–Kier alpha value is -1.59. The van der Waals surface area contributed by atoms with Crippen LogP contribution in [0.5, 0.6) is 0 Å². The third kappa shape index (κ3) is 3.99. The van der Waals surface area contributed by atoms with E-state index in [1.807, 2.05) is 0 Å². The van der Waals surface area contributed by atoms with Gasteiger partial charge in [0.15, 0.2) is 0 Å². The van der Waals surface area contributed by atoms with Crippen LogP contribution in [0.2, 0.25) is 5.02 Å². The van der Waals surface area contributed by atoms with Crippen LogP contribution < -0.4 is 10.6 Å². The first kappa shape index (κ1) is 16.8. The van der Waals surface area contributed by atoms with Crippen molar-refractivity contribution < 1.29 is 14.7 Å². The van der Waals surface area contributed by atoms with Crippen LogP contribution in [-0.4, -0.2) is 29.1 Å². The molecule has 0 unspecified atom stereocenters. The van der Waals surface area contributed by atoms with E-state index in [1.54, 1.807) is 25.1 Å². The van der Waals surface area contributed by atoms with Gasteiger partial charge in [-0.25, -0.2) is 0 Å². The van der Waals surface area contributed by atoms with E-state index in [0.29, 0.717) is 10.7 Å². The van der Waals surface area contributed by atoms with E-state index in [2.05, 4.69) is 10.6 Å². The highest BCUT2D eigenvalue weighted by Crippen LogP contribution is 2.29. The van der Waals surface area contributed by atoms with E-state index in [0.717, 1.165) is 31.2 Å². The molecule has 2 rings (SSSR count). The van der Waals surface area contributed by atoms with Crippen molar-refractivity contribution in [1.29, 1.82) is 0 Å². The Kier molecular flexibility index (Phi) is 5.42. The van der Waals surface area contributed by atoms with Gasteiger partial charge in [-0.15, -0.1) is 0 Å². The van der Waals surface area contributed by atoms with Crippen molar-refractivity contribution in [3.05, 3.63) is 28.8 Å². The molecular formula is C16H21ClN2O3. The normalized spacial score (nSPS) is 16.3. The maximum atomic E-state index is 12.0. The molecule has 1 aromatic carbocycles. The number of benzene rings is 1. The molecule has 1 aromatic rings. The van der Waals surface area contributed by atoms with Gasteiger partial charge >= 0.3 is 0 Å². The van der Waals surface area contributed by atoms with E-state index in [1.165, 1.54) is 0 Å². The number of carbonyl (C=O) groups excluding carboxylic acids is 2. The highest BCUT2D eigenvalue weighted by atomic mass is 35.5. The maximum Gasteiger partial charge on any atom is 0.233 e. The molecule has 6 heteroatoms. The number of aliphatic hydroxyl groups is 1. The first-order valence-electron chi connectivity index (χ1n) is 7.43. The van der Waals surface area contributed by atoms with Crippen molar-refractivity contribution in [2.24, 2.45) is 0 Å². The quantitative estimate of drug-likeness (QED) is 0.728. The number of nitrogens with one attached hydrogen (secondary N) is 2. The summed E-state index contributed by atoms with van der Waals surface area (Å²) < 4.78 is 0. The van der Waals surface area contributed by atoms with Crippen molar-refractivity contribution in [1.82, 2.24) is 5.32 Å². The highest BCUT2D eigenvalue weighted by Gasteiger charge is 2.34. The van der Waals surface area contributed by atoms with Gasteiger partial charge in [0.1, 0.15) is 6.42 Å². The van der Waals surface area contributed by atoms with Gasteiger partial charge < -0.3 is 15.7 Å². The molecule has 5 nitrogen and oxygen atoms in total. The van der Waals surface area contributed by atoms with Crippen LogP contribution in [0, 0.1) is 6.92 Å². The van der Waals surface area contributed by atoms with Gasteiger partial charge in [-0.1, -0.05) is 30.5 Å². The lowest BCUT2D eigenvalue weighted by atomic mass is 9.98. The van der Waals surface area contributed by atoms with Crippen LogP contribution in [0.3, 0.4) is 0 Å². The Bertz CT molecular complexity index is 569. The molecule has 3 N–H and O–H groups in total. The zero-order valence-electron chi connectivity index (χ0n) is 12.6. The smallest absolute Gasteiger partial charge is 0.233 e. The molecule has 0 atom stereocenters.